The Morgan fingerprint density at radius 2 is 2.07 bits per heavy atom. The fraction of sp³-hybridized carbons (Fsp3) is 0.571. The smallest absolute Gasteiger partial charge is 0.343 e. The minimum atomic E-state index is -0.237. The molecular weight excluding hydrogens is 404 g/mol. The van der Waals surface area contributed by atoms with Crippen molar-refractivity contribution in [2.45, 2.75) is 57.8 Å². The second-order valence-corrected chi connectivity index (χ2v) is 8.59. The minimum Gasteiger partial charge on any atom is -0.490 e. The van der Waals surface area contributed by atoms with E-state index in [1.807, 2.05) is 18.2 Å². The zero-order valence-corrected chi connectivity index (χ0v) is 18.6. The van der Waals surface area contributed by atoms with Crippen molar-refractivity contribution in [3.63, 3.8) is 0 Å². The van der Waals surface area contributed by atoms with Gasteiger partial charge in [0.2, 0.25) is 5.91 Å². The van der Waals surface area contributed by atoms with Gasteiger partial charge in [-0.25, -0.2) is 9.89 Å². The molecule has 0 saturated heterocycles. The molecule has 164 valence electrons. The number of benzene rings is 1. The van der Waals surface area contributed by atoms with Crippen LogP contribution in [-0.4, -0.2) is 39.6 Å². The SMILES string of the molecule is CCCCn1c(SCC(=O)NC(c2ccc3c(c2)OCCCO3)C(C)C)n[nH]c1=O. The quantitative estimate of drug-likeness (QED) is 0.589. The molecule has 1 aliphatic rings. The summed E-state index contributed by atoms with van der Waals surface area (Å²) in [5.74, 6) is 1.73. The van der Waals surface area contributed by atoms with Crippen LogP contribution in [0.4, 0.5) is 0 Å². The lowest BCUT2D eigenvalue weighted by atomic mass is 9.95. The number of amides is 1. The van der Waals surface area contributed by atoms with Gasteiger partial charge < -0.3 is 14.8 Å². The molecule has 9 heteroatoms. The fourth-order valence-corrected chi connectivity index (χ4v) is 4.06. The van der Waals surface area contributed by atoms with Crippen molar-refractivity contribution >= 4 is 17.7 Å². The van der Waals surface area contributed by atoms with Gasteiger partial charge in [0.15, 0.2) is 16.7 Å². The zero-order valence-electron chi connectivity index (χ0n) is 17.8. The van der Waals surface area contributed by atoms with Crippen molar-refractivity contribution in [2.75, 3.05) is 19.0 Å². The normalized spacial score (nSPS) is 14.4. The maximum absolute atomic E-state index is 12.7. The fourth-order valence-electron chi connectivity index (χ4n) is 3.28. The molecule has 30 heavy (non-hydrogen) atoms. The Hall–Kier alpha value is -2.42. The molecule has 1 aromatic carbocycles. The van der Waals surface area contributed by atoms with E-state index in [9.17, 15) is 9.59 Å². The van der Waals surface area contributed by atoms with Gasteiger partial charge in [0.25, 0.3) is 0 Å². The Morgan fingerprint density at radius 1 is 1.30 bits per heavy atom. The number of thioether (sulfide) groups is 1. The summed E-state index contributed by atoms with van der Waals surface area (Å²) in [6.45, 7) is 8.06. The molecule has 8 nitrogen and oxygen atoms in total. The molecule has 1 unspecified atom stereocenters. The third-order valence-electron chi connectivity index (χ3n) is 4.90. The number of aromatic nitrogens is 3. The summed E-state index contributed by atoms with van der Waals surface area (Å²) >= 11 is 1.26. The largest absolute Gasteiger partial charge is 0.490 e. The Morgan fingerprint density at radius 3 is 2.80 bits per heavy atom. The topological polar surface area (TPSA) is 98.2 Å². The Labute approximate surface area is 180 Å². The van der Waals surface area contributed by atoms with Crippen LogP contribution in [0.5, 0.6) is 11.5 Å². The summed E-state index contributed by atoms with van der Waals surface area (Å²) in [7, 11) is 0. The van der Waals surface area contributed by atoms with E-state index in [1.54, 1.807) is 4.57 Å². The summed E-state index contributed by atoms with van der Waals surface area (Å²) < 4.78 is 13.1. The van der Waals surface area contributed by atoms with Crippen LogP contribution in [0.25, 0.3) is 0 Å². The molecule has 2 N–H and O–H groups in total. The summed E-state index contributed by atoms with van der Waals surface area (Å²) in [6.07, 6.45) is 2.72. The van der Waals surface area contributed by atoms with Gasteiger partial charge in [-0.2, -0.15) is 0 Å². The maximum atomic E-state index is 12.7. The first kappa shape index (κ1) is 22.3. The number of H-pyrrole nitrogens is 1. The molecule has 0 bridgehead atoms. The number of nitrogens with one attached hydrogen (secondary N) is 2. The monoisotopic (exact) mass is 434 g/mol. The van der Waals surface area contributed by atoms with Crippen molar-refractivity contribution in [3.8, 4) is 11.5 Å². The van der Waals surface area contributed by atoms with Gasteiger partial charge in [0.05, 0.1) is 25.0 Å². The first-order chi connectivity index (χ1) is 14.5. The highest BCUT2D eigenvalue weighted by molar-refractivity contribution is 7.99. The average Bonchev–Trinajstić information content (AvgIpc) is 2.92. The summed E-state index contributed by atoms with van der Waals surface area (Å²) in [5, 5.41) is 10.2. The number of hydrogen-bond donors (Lipinski definition) is 2. The molecule has 1 amide bonds. The number of fused-ring (bicyclic) bond motifs is 1. The highest BCUT2D eigenvalue weighted by atomic mass is 32.2. The standard InChI is InChI=1S/C21H30N4O4S/c1-4-5-9-25-20(27)23-24-21(25)30-13-18(26)22-19(14(2)3)15-7-8-16-17(12-15)29-11-6-10-28-16/h7-8,12,14,19H,4-6,9-11,13H2,1-3H3,(H,22,26)(H,23,27). The third kappa shape index (κ3) is 5.59. The van der Waals surface area contributed by atoms with Gasteiger partial charge in [0, 0.05) is 13.0 Å². The van der Waals surface area contributed by atoms with E-state index in [-0.39, 0.29) is 29.3 Å². The van der Waals surface area contributed by atoms with Crippen LogP contribution in [0.1, 0.15) is 51.6 Å². The highest BCUT2D eigenvalue weighted by Gasteiger charge is 2.22. The van der Waals surface area contributed by atoms with E-state index in [0.29, 0.717) is 24.9 Å². The van der Waals surface area contributed by atoms with E-state index in [1.165, 1.54) is 11.8 Å². The molecule has 3 rings (SSSR count). The van der Waals surface area contributed by atoms with E-state index >= 15 is 0 Å². The van der Waals surface area contributed by atoms with Crippen molar-refractivity contribution in [1.82, 2.24) is 20.1 Å². The van der Waals surface area contributed by atoms with E-state index in [4.69, 9.17) is 9.47 Å². The van der Waals surface area contributed by atoms with Gasteiger partial charge in [0.1, 0.15) is 0 Å². The summed E-state index contributed by atoms with van der Waals surface area (Å²) in [4.78, 5) is 24.6. The zero-order chi connectivity index (χ0) is 21.5. The molecule has 0 radical (unpaired) electrons. The Kier molecular flexibility index (Phi) is 7.84. The molecule has 1 atom stereocenters. The van der Waals surface area contributed by atoms with E-state index in [0.717, 1.165) is 36.3 Å². The number of hydrogen-bond acceptors (Lipinski definition) is 6. The molecule has 1 aromatic heterocycles. The highest BCUT2D eigenvalue weighted by Crippen LogP contribution is 2.34. The van der Waals surface area contributed by atoms with Crippen molar-refractivity contribution in [3.05, 3.63) is 34.2 Å². The molecule has 0 spiro atoms. The van der Waals surface area contributed by atoms with Crippen molar-refractivity contribution in [1.29, 1.82) is 0 Å². The van der Waals surface area contributed by atoms with E-state index in [2.05, 4.69) is 36.3 Å². The van der Waals surface area contributed by atoms with Crippen molar-refractivity contribution < 1.29 is 14.3 Å². The van der Waals surface area contributed by atoms with Crippen LogP contribution in [0.3, 0.4) is 0 Å². The van der Waals surface area contributed by atoms with Crippen LogP contribution >= 0.6 is 11.8 Å². The maximum Gasteiger partial charge on any atom is 0.343 e. The number of rotatable bonds is 9. The number of carbonyl (C=O) groups excluding carboxylic acids is 1. The average molecular weight is 435 g/mol. The van der Waals surface area contributed by atoms with Gasteiger partial charge in [-0.05, 0) is 30.0 Å². The van der Waals surface area contributed by atoms with Gasteiger partial charge in [-0.1, -0.05) is 45.0 Å². The van der Waals surface area contributed by atoms with Crippen LogP contribution in [0, 0.1) is 5.92 Å². The lowest BCUT2D eigenvalue weighted by Crippen LogP contribution is -2.33. The van der Waals surface area contributed by atoms with Crippen LogP contribution in [0.2, 0.25) is 0 Å². The van der Waals surface area contributed by atoms with Crippen LogP contribution in [-0.2, 0) is 11.3 Å². The third-order valence-corrected chi connectivity index (χ3v) is 5.88. The number of aromatic amines is 1. The lowest BCUT2D eigenvalue weighted by molar-refractivity contribution is -0.119. The van der Waals surface area contributed by atoms with Gasteiger partial charge >= 0.3 is 5.69 Å². The Bertz CT molecular complexity index is 909. The molecule has 0 saturated carbocycles. The number of ether oxygens (including phenoxy) is 2. The molecule has 2 heterocycles. The summed E-state index contributed by atoms with van der Waals surface area (Å²) in [6, 6.07) is 5.68. The lowest BCUT2D eigenvalue weighted by Gasteiger charge is -2.24. The Balaban J connectivity index is 1.65. The predicted octanol–water partition coefficient (Wildman–Crippen LogP) is 3.14. The van der Waals surface area contributed by atoms with Crippen molar-refractivity contribution in [2.24, 2.45) is 5.92 Å². The van der Waals surface area contributed by atoms with E-state index < -0.39 is 0 Å². The summed E-state index contributed by atoms with van der Waals surface area (Å²) in [5.41, 5.74) is 0.742. The molecular formula is C21H30N4O4S. The molecule has 0 fully saturated rings. The number of nitrogens with zero attached hydrogens (tertiary/aromatic N) is 2. The molecule has 1 aliphatic heterocycles. The second-order valence-electron chi connectivity index (χ2n) is 7.65. The van der Waals surface area contributed by atoms with Gasteiger partial charge in [-0.3, -0.25) is 9.36 Å². The second kappa shape index (κ2) is 10.6. The van der Waals surface area contributed by atoms with Crippen LogP contribution in [0.15, 0.2) is 28.2 Å². The molecule has 2 aromatic rings. The predicted molar refractivity (Wildman–Crippen MR) is 116 cm³/mol. The number of unbranched alkanes of at least 4 members (excludes halogenated alkanes) is 1. The van der Waals surface area contributed by atoms with Crippen LogP contribution < -0.4 is 20.5 Å². The number of carbonyl (C=O) groups is 1. The minimum absolute atomic E-state index is 0.108. The molecule has 0 aliphatic carbocycles. The van der Waals surface area contributed by atoms with Gasteiger partial charge in [-0.15, -0.1) is 5.10 Å². The first-order valence-electron chi connectivity index (χ1n) is 10.5. The first-order valence-corrected chi connectivity index (χ1v) is 11.4.